The molecule has 3 amide bonds. The fourth-order valence-electron chi connectivity index (χ4n) is 4.76. The van der Waals surface area contributed by atoms with Crippen LogP contribution in [0.2, 0.25) is 0 Å². The third-order valence-corrected chi connectivity index (χ3v) is 7.20. The maximum Gasteiger partial charge on any atom is 0.253 e. The van der Waals surface area contributed by atoms with Crippen LogP contribution < -0.4 is 21.7 Å². The molecule has 1 aliphatic heterocycles. The van der Waals surface area contributed by atoms with Gasteiger partial charge in [-0.25, -0.2) is 0 Å². The van der Waals surface area contributed by atoms with Crippen LogP contribution in [0.15, 0.2) is 72.5 Å². The van der Waals surface area contributed by atoms with E-state index in [0.717, 1.165) is 32.9 Å². The Bertz CT molecular complexity index is 1330. The number of anilines is 1. The van der Waals surface area contributed by atoms with Crippen LogP contribution in [-0.2, 0) is 20.8 Å². The molecule has 0 radical (unpaired) electrons. The van der Waals surface area contributed by atoms with Gasteiger partial charge in [-0.05, 0) is 55.0 Å². The van der Waals surface area contributed by atoms with Crippen molar-refractivity contribution in [2.45, 2.75) is 59.5 Å². The highest BCUT2D eigenvalue weighted by Crippen LogP contribution is 2.28. The average molecular weight is 573 g/mol. The number of hydrogen-bond donors (Lipinski definition) is 5. The molecule has 42 heavy (non-hydrogen) atoms. The van der Waals surface area contributed by atoms with Crippen LogP contribution in [0.1, 0.15) is 43.9 Å². The number of carbonyl (C=O) groups is 3. The first-order valence-electron chi connectivity index (χ1n) is 14.3. The monoisotopic (exact) mass is 572 g/mol. The summed E-state index contributed by atoms with van der Waals surface area (Å²) in [6, 6.07) is 15.2. The van der Waals surface area contributed by atoms with E-state index >= 15 is 0 Å². The molecule has 0 spiro atoms. The van der Waals surface area contributed by atoms with Gasteiger partial charge < -0.3 is 27.1 Å². The molecule has 9 nitrogen and oxygen atoms in total. The number of nitrogens with zero attached hydrogens (tertiary/aromatic N) is 1. The fourth-order valence-corrected chi connectivity index (χ4v) is 4.76. The molecule has 0 unspecified atom stereocenters. The zero-order chi connectivity index (χ0) is 30.9. The minimum atomic E-state index is -0.773. The maximum atomic E-state index is 12.6. The number of benzene rings is 2. The SMILES string of the molecule is Cc1ccc(C)c(N/C=C(\C(=N)Cc2ccccc2)[C@H](NCC[C@H](N)C(=O)NCCN2C(=O)C=CC2=O)C(C)(C)C)c1. The molecule has 6 N–H and O–H groups in total. The minimum absolute atomic E-state index is 0.0958. The van der Waals surface area contributed by atoms with Crippen LogP contribution in [0.3, 0.4) is 0 Å². The second-order valence-electron chi connectivity index (χ2n) is 11.8. The predicted molar refractivity (Wildman–Crippen MR) is 168 cm³/mol. The zero-order valence-corrected chi connectivity index (χ0v) is 25.3. The molecule has 1 aliphatic rings. The van der Waals surface area contributed by atoms with Crippen LogP contribution in [0, 0.1) is 24.7 Å². The Kier molecular flexibility index (Phi) is 11.4. The summed E-state index contributed by atoms with van der Waals surface area (Å²) in [5, 5.41) is 18.9. The zero-order valence-electron chi connectivity index (χ0n) is 25.3. The van der Waals surface area contributed by atoms with Gasteiger partial charge in [0.05, 0.1) is 6.04 Å². The molecule has 9 heteroatoms. The Morgan fingerprint density at radius 3 is 2.33 bits per heavy atom. The number of nitrogens with one attached hydrogen (secondary N) is 4. The molecule has 0 fully saturated rings. The van der Waals surface area contributed by atoms with E-state index in [-0.39, 0.29) is 42.3 Å². The molecule has 0 saturated heterocycles. The lowest BCUT2D eigenvalue weighted by Crippen LogP contribution is -2.48. The van der Waals surface area contributed by atoms with Crippen LogP contribution in [0.4, 0.5) is 5.69 Å². The summed E-state index contributed by atoms with van der Waals surface area (Å²) in [6.07, 6.45) is 5.21. The van der Waals surface area contributed by atoms with Crippen molar-refractivity contribution >= 4 is 29.1 Å². The number of rotatable bonds is 14. The molecule has 2 atom stereocenters. The van der Waals surface area contributed by atoms with Gasteiger partial charge >= 0.3 is 0 Å². The van der Waals surface area contributed by atoms with E-state index in [1.807, 2.05) is 50.4 Å². The summed E-state index contributed by atoms with van der Waals surface area (Å²) >= 11 is 0. The molecule has 2 aromatic rings. The van der Waals surface area contributed by atoms with Crippen molar-refractivity contribution in [3.05, 3.63) is 89.1 Å². The molecular formula is C33H44N6O3. The molecule has 0 saturated carbocycles. The van der Waals surface area contributed by atoms with Crippen LogP contribution in [0.5, 0.6) is 0 Å². The summed E-state index contributed by atoms with van der Waals surface area (Å²) in [7, 11) is 0. The fraction of sp³-hybridized carbons (Fsp3) is 0.394. The normalized spacial score (nSPS) is 15.1. The standard InChI is InChI=1S/C33H44N6O3/c1-22-11-12-23(2)28(19-22)38-21-25(27(35)20-24-9-7-6-8-10-24)31(33(3,4)5)36-16-15-26(34)32(42)37-17-18-39-29(40)13-14-30(39)41/h6-14,19,21,26,31,35-36,38H,15-18,20,34H2,1-5H3,(H,37,42)/b25-21+,35-27?/t26-,31-/m0/s1. The Hall–Kier alpha value is -4.08. The molecular weight excluding hydrogens is 528 g/mol. The third kappa shape index (κ3) is 9.22. The van der Waals surface area contributed by atoms with Gasteiger partial charge in [0.2, 0.25) is 5.91 Å². The lowest BCUT2D eigenvalue weighted by molar-refractivity contribution is -0.137. The van der Waals surface area contributed by atoms with Crippen LogP contribution >= 0.6 is 0 Å². The Balaban J connectivity index is 1.69. The second kappa shape index (κ2) is 14.7. The summed E-state index contributed by atoms with van der Waals surface area (Å²) in [4.78, 5) is 37.1. The van der Waals surface area contributed by atoms with Gasteiger partial charge in [0.25, 0.3) is 11.8 Å². The summed E-state index contributed by atoms with van der Waals surface area (Å²) in [6.45, 7) is 11.1. The van der Waals surface area contributed by atoms with Crippen molar-refractivity contribution in [2.24, 2.45) is 11.1 Å². The van der Waals surface area contributed by atoms with Crippen molar-refractivity contribution in [3.63, 3.8) is 0 Å². The topological polar surface area (TPSA) is 140 Å². The molecule has 2 aromatic carbocycles. The van der Waals surface area contributed by atoms with Crippen molar-refractivity contribution in [1.29, 1.82) is 5.41 Å². The van der Waals surface area contributed by atoms with Crippen molar-refractivity contribution in [3.8, 4) is 0 Å². The van der Waals surface area contributed by atoms with E-state index < -0.39 is 6.04 Å². The van der Waals surface area contributed by atoms with Gasteiger partial charge in [0.15, 0.2) is 0 Å². The maximum absolute atomic E-state index is 12.6. The van der Waals surface area contributed by atoms with Gasteiger partial charge in [-0.1, -0.05) is 63.2 Å². The van der Waals surface area contributed by atoms with E-state index in [1.54, 1.807) is 0 Å². The molecule has 224 valence electrons. The van der Waals surface area contributed by atoms with E-state index in [1.165, 1.54) is 12.2 Å². The van der Waals surface area contributed by atoms with Crippen molar-refractivity contribution < 1.29 is 14.4 Å². The molecule has 0 aromatic heterocycles. The summed E-state index contributed by atoms with van der Waals surface area (Å²) < 4.78 is 0. The van der Waals surface area contributed by atoms with Gasteiger partial charge in [0, 0.05) is 60.9 Å². The minimum Gasteiger partial charge on any atom is -0.361 e. The highest BCUT2D eigenvalue weighted by molar-refractivity contribution is 6.12. The highest BCUT2D eigenvalue weighted by atomic mass is 16.2. The number of imide groups is 1. The van der Waals surface area contributed by atoms with E-state index in [0.29, 0.717) is 25.1 Å². The second-order valence-corrected chi connectivity index (χ2v) is 11.8. The quantitative estimate of drug-likeness (QED) is 0.173. The number of amides is 3. The van der Waals surface area contributed by atoms with Crippen molar-refractivity contribution in [2.75, 3.05) is 25.0 Å². The Morgan fingerprint density at radius 2 is 1.69 bits per heavy atom. The Labute approximate surface area is 249 Å². The smallest absolute Gasteiger partial charge is 0.253 e. The van der Waals surface area contributed by atoms with Crippen LogP contribution in [0.25, 0.3) is 0 Å². The molecule has 1 heterocycles. The van der Waals surface area contributed by atoms with Gasteiger partial charge in [-0.3, -0.25) is 19.3 Å². The summed E-state index contributed by atoms with van der Waals surface area (Å²) in [5.74, 6) is -1.12. The van der Waals surface area contributed by atoms with Gasteiger partial charge in [0.1, 0.15) is 0 Å². The molecule has 0 bridgehead atoms. The number of aryl methyl sites for hydroxylation is 2. The van der Waals surface area contributed by atoms with E-state index in [2.05, 4.69) is 54.9 Å². The number of nitrogens with two attached hydrogens (primary N) is 1. The van der Waals surface area contributed by atoms with E-state index in [9.17, 15) is 14.4 Å². The lowest BCUT2D eigenvalue weighted by atomic mass is 9.79. The van der Waals surface area contributed by atoms with Gasteiger partial charge in [-0.2, -0.15) is 0 Å². The Morgan fingerprint density at radius 1 is 1.02 bits per heavy atom. The molecule has 3 rings (SSSR count). The summed E-state index contributed by atoms with van der Waals surface area (Å²) in [5.41, 5.74) is 11.5. The lowest BCUT2D eigenvalue weighted by Gasteiger charge is -2.34. The highest BCUT2D eigenvalue weighted by Gasteiger charge is 2.30. The third-order valence-electron chi connectivity index (χ3n) is 7.20. The first kappa shape index (κ1) is 32.4. The number of carbonyl (C=O) groups excluding carboxylic acids is 3. The van der Waals surface area contributed by atoms with Crippen molar-refractivity contribution in [1.82, 2.24) is 15.5 Å². The van der Waals surface area contributed by atoms with E-state index in [4.69, 9.17) is 11.1 Å². The van der Waals surface area contributed by atoms with Crippen LogP contribution in [-0.4, -0.2) is 60.1 Å². The predicted octanol–water partition coefficient (Wildman–Crippen LogP) is 3.62. The molecule has 0 aliphatic carbocycles. The largest absolute Gasteiger partial charge is 0.361 e. The average Bonchev–Trinajstić information content (AvgIpc) is 3.26. The van der Waals surface area contributed by atoms with Gasteiger partial charge in [-0.15, -0.1) is 0 Å². The number of hydrogen-bond acceptors (Lipinski definition) is 7. The first-order valence-corrected chi connectivity index (χ1v) is 14.3. The first-order chi connectivity index (χ1) is 19.9.